The molecule has 5 heteroatoms. The number of nitrogens with zero attached hydrogens (tertiary/aromatic N) is 2. The number of piperidine rings is 1. The van der Waals surface area contributed by atoms with Crippen LogP contribution in [-0.2, 0) is 14.9 Å². The largest absolute Gasteiger partial charge is 1.00 e. The predicted octanol–water partition coefficient (Wildman–Crippen LogP) is 0.792. The molecule has 27 heavy (non-hydrogen) atoms. The number of esters is 1. The van der Waals surface area contributed by atoms with E-state index in [9.17, 15) is 10.1 Å². The highest BCUT2D eigenvalue weighted by Gasteiger charge is 2.46. The summed E-state index contributed by atoms with van der Waals surface area (Å²) >= 11 is 0. The molecule has 0 radical (unpaired) electrons. The second kappa shape index (κ2) is 8.91. The molecule has 0 spiro atoms. The van der Waals surface area contributed by atoms with Crippen molar-refractivity contribution in [3.8, 4) is 6.07 Å². The van der Waals surface area contributed by atoms with Crippen molar-refractivity contribution < 1.29 is 38.0 Å². The third-order valence-electron chi connectivity index (χ3n) is 6.57. The summed E-state index contributed by atoms with van der Waals surface area (Å²) in [5.74, 6) is 0.191. The number of rotatable bonds is 4. The van der Waals surface area contributed by atoms with Crippen molar-refractivity contribution in [2.24, 2.45) is 5.92 Å². The molecule has 1 aromatic carbocycles. The Kier molecular flexibility index (Phi) is 7.32. The highest BCUT2D eigenvalue weighted by atomic mass is 127. The molecular weight excluding hydrogens is 451 g/mol. The van der Waals surface area contributed by atoms with Crippen LogP contribution in [0, 0.1) is 17.2 Å². The minimum atomic E-state index is -0.662. The van der Waals surface area contributed by atoms with Gasteiger partial charge in [0.1, 0.15) is 6.10 Å². The zero-order valence-electron chi connectivity index (χ0n) is 16.7. The van der Waals surface area contributed by atoms with Gasteiger partial charge in [-0.3, -0.25) is 4.79 Å². The molecule has 0 aromatic heterocycles. The number of halogens is 1. The van der Waals surface area contributed by atoms with Crippen LogP contribution in [0.25, 0.3) is 0 Å². The van der Waals surface area contributed by atoms with Gasteiger partial charge in [0.05, 0.1) is 44.2 Å². The van der Waals surface area contributed by atoms with Crippen LogP contribution >= 0.6 is 0 Å². The number of hydrogen-bond donors (Lipinski definition) is 0. The van der Waals surface area contributed by atoms with Crippen LogP contribution in [0.5, 0.6) is 0 Å². The summed E-state index contributed by atoms with van der Waals surface area (Å²) in [7, 11) is 4.46. The molecule has 1 aliphatic heterocycles. The number of likely N-dealkylation sites (tertiary alicyclic amines) is 1. The molecule has 1 unspecified atom stereocenters. The normalized spacial score (nSPS) is 22.3. The zero-order valence-corrected chi connectivity index (χ0v) is 18.9. The van der Waals surface area contributed by atoms with Crippen LogP contribution in [0.4, 0.5) is 0 Å². The molecule has 2 fully saturated rings. The summed E-state index contributed by atoms with van der Waals surface area (Å²) < 4.78 is 7.06. The third-order valence-corrected chi connectivity index (χ3v) is 6.57. The summed E-state index contributed by atoms with van der Waals surface area (Å²) in [4.78, 5) is 13.4. The first kappa shape index (κ1) is 22.2. The van der Waals surface area contributed by atoms with Gasteiger partial charge in [-0.2, -0.15) is 5.26 Å². The van der Waals surface area contributed by atoms with Gasteiger partial charge in [0, 0.05) is 12.8 Å². The summed E-state index contributed by atoms with van der Waals surface area (Å²) in [6.07, 6.45) is 6.32. The minimum absolute atomic E-state index is 0. The number of carbonyl (C=O) groups excluding carboxylic acids is 1. The zero-order chi connectivity index (χ0) is 18.8. The molecule has 148 valence electrons. The Morgan fingerprint density at radius 2 is 1.81 bits per heavy atom. The lowest BCUT2D eigenvalue weighted by molar-refractivity contribution is -0.896. The molecule has 1 saturated carbocycles. The summed E-state index contributed by atoms with van der Waals surface area (Å²) in [5, 5.41) is 9.27. The molecule has 3 rings (SSSR count). The monoisotopic (exact) mass is 482 g/mol. The molecule has 2 aliphatic rings. The van der Waals surface area contributed by atoms with Crippen LogP contribution in [0.1, 0.15) is 56.6 Å². The van der Waals surface area contributed by atoms with Crippen molar-refractivity contribution in [3.63, 3.8) is 0 Å². The Hall–Kier alpha value is -1.13. The summed E-state index contributed by atoms with van der Waals surface area (Å²) in [6, 6.07) is 9.75. The third kappa shape index (κ3) is 4.83. The lowest BCUT2D eigenvalue weighted by Gasteiger charge is -2.39. The number of carbonyl (C=O) groups is 1. The Balaban J connectivity index is 0.00000261. The molecule has 1 aliphatic carbocycles. The van der Waals surface area contributed by atoms with Crippen LogP contribution in [0.2, 0.25) is 0 Å². The smallest absolute Gasteiger partial charge is 0.316 e. The number of hydrogen-bond acceptors (Lipinski definition) is 3. The number of nitriles is 1. The fourth-order valence-corrected chi connectivity index (χ4v) is 4.57. The van der Waals surface area contributed by atoms with Crippen molar-refractivity contribution >= 4 is 5.97 Å². The molecule has 4 nitrogen and oxygen atoms in total. The topological polar surface area (TPSA) is 50.1 Å². The first-order valence-electron chi connectivity index (χ1n) is 9.89. The van der Waals surface area contributed by atoms with E-state index in [2.05, 4.69) is 20.2 Å². The van der Waals surface area contributed by atoms with E-state index in [-0.39, 0.29) is 36.0 Å². The van der Waals surface area contributed by atoms with Gasteiger partial charge in [0.2, 0.25) is 0 Å². The molecule has 1 heterocycles. The molecule has 1 saturated heterocycles. The van der Waals surface area contributed by atoms with Crippen molar-refractivity contribution in [2.45, 2.75) is 57.0 Å². The van der Waals surface area contributed by atoms with E-state index >= 15 is 0 Å². The average molecular weight is 482 g/mol. The predicted molar refractivity (Wildman–Crippen MR) is 101 cm³/mol. The summed E-state index contributed by atoms with van der Waals surface area (Å²) in [6.45, 7) is 4.12. The lowest BCUT2D eigenvalue weighted by Crippen LogP contribution is -3.00. The Morgan fingerprint density at radius 3 is 2.41 bits per heavy atom. The highest BCUT2D eigenvalue weighted by Crippen LogP contribution is 2.43. The van der Waals surface area contributed by atoms with Crippen molar-refractivity contribution in [3.05, 3.63) is 35.4 Å². The van der Waals surface area contributed by atoms with Gasteiger partial charge >= 0.3 is 5.97 Å². The molecule has 1 aromatic rings. The van der Waals surface area contributed by atoms with Crippen molar-refractivity contribution in [1.82, 2.24) is 0 Å². The fraction of sp³-hybridized carbons (Fsp3) is 0.636. The Labute approximate surface area is 180 Å². The molecule has 1 atom stereocenters. The van der Waals surface area contributed by atoms with Crippen molar-refractivity contribution in [2.75, 3.05) is 27.2 Å². The summed E-state index contributed by atoms with van der Waals surface area (Å²) in [5.41, 5.74) is 0.877. The van der Waals surface area contributed by atoms with E-state index in [1.807, 2.05) is 25.1 Å². The van der Waals surface area contributed by atoms with Gasteiger partial charge in [-0.05, 0) is 43.4 Å². The average Bonchev–Trinajstić information content (AvgIpc) is 3.18. The van der Waals surface area contributed by atoms with Gasteiger partial charge in [-0.1, -0.05) is 25.0 Å². The van der Waals surface area contributed by atoms with Crippen LogP contribution < -0.4 is 24.0 Å². The van der Waals surface area contributed by atoms with E-state index in [0.717, 1.165) is 48.8 Å². The standard InChI is InChI=1S/C22H31N2O2.HI/c1-22(18-8-4-5-9-18,19-10-6-7-17(15-19)16-23)21(25)26-20-11-13-24(2,3)14-12-20;/h6-7,10,15,18,20H,4-5,8-9,11-14H2,1-3H3;1H/q+1;/p-1. The molecule has 0 amide bonds. The molecule has 0 bridgehead atoms. The highest BCUT2D eigenvalue weighted by molar-refractivity contribution is 5.83. The maximum Gasteiger partial charge on any atom is 0.316 e. The minimum Gasteiger partial charge on any atom is -1.00 e. The van der Waals surface area contributed by atoms with Crippen LogP contribution in [0.15, 0.2) is 24.3 Å². The maximum atomic E-state index is 13.4. The van der Waals surface area contributed by atoms with Crippen LogP contribution in [-0.4, -0.2) is 43.7 Å². The van der Waals surface area contributed by atoms with Gasteiger partial charge in [0.15, 0.2) is 0 Å². The fourth-order valence-electron chi connectivity index (χ4n) is 4.57. The number of quaternary nitrogens is 1. The number of benzene rings is 1. The molecular formula is C22H31IN2O2. The number of ether oxygens (including phenoxy) is 1. The van der Waals surface area contributed by atoms with Crippen LogP contribution in [0.3, 0.4) is 0 Å². The Bertz CT molecular complexity index is 697. The van der Waals surface area contributed by atoms with E-state index in [1.54, 1.807) is 6.07 Å². The molecule has 0 N–H and O–H groups in total. The van der Waals surface area contributed by atoms with Crippen molar-refractivity contribution in [1.29, 1.82) is 5.26 Å². The maximum absolute atomic E-state index is 13.4. The second-order valence-electron chi connectivity index (χ2n) is 8.86. The Morgan fingerprint density at radius 1 is 1.19 bits per heavy atom. The van der Waals surface area contributed by atoms with E-state index < -0.39 is 5.41 Å². The quantitative estimate of drug-likeness (QED) is 0.363. The lowest BCUT2D eigenvalue weighted by atomic mass is 9.70. The van der Waals surface area contributed by atoms with E-state index in [4.69, 9.17) is 4.74 Å². The first-order valence-corrected chi connectivity index (χ1v) is 9.89. The first-order chi connectivity index (χ1) is 12.3. The SMILES string of the molecule is CC(C(=O)OC1CC[N+](C)(C)CC1)(c1cccc(C#N)c1)C1CCCC1.[I-]. The van der Waals surface area contributed by atoms with E-state index in [0.29, 0.717) is 11.5 Å². The van der Waals surface area contributed by atoms with Gasteiger partial charge in [0.25, 0.3) is 0 Å². The van der Waals surface area contributed by atoms with Gasteiger partial charge in [-0.15, -0.1) is 0 Å². The van der Waals surface area contributed by atoms with E-state index in [1.165, 1.54) is 12.8 Å². The second-order valence-corrected chi connectivity index (χ2v) is 8.86. The van der Waals surface area contributed by atoms with Gasteiger partial charge < -0.3 is 33.2 Å². The van der Waals surface area contributed by atoms with Gasteiger partial charge in [-0.25, -0.2) is 0 Å².